The molecule has 0 bridgehead atoms. The van der Waals surface area contributed by atoms with Crippen molar-refractivity contribution in [2.75, 3.05) is 0 Å². The molecule has 0 radical (unpaired) electrons. The van der Waals surface area contributed by atoms with Gasteiger partial charge < -0.3 is 5.32 Å². The van der Waals surface area contributed by atoms with E-state index in [0.29, 0.717) is 12.2 Å². The number of nitrogens with zero attached hydrogens (tertiary/aromatic N) is 2. The molecule has 3 nitrogen and oxygen atoms in total. The van der Waals surface area contributed by atoms with Gasteiger partial charge in [-0.05, 0) is 19.1 Å². The highest BCUT2D eigenvalue weighted by atomic mass is 32.1. The third-order valence-corrected chi connectivity index (χ3v) is 3.24. The van der Waals surface area contributed by atoms with Crippen molar-refractivity contribution < 1.29 is 13.2 Å². The zero-order valence-corrected chi connectivity index (χ0v) is 10.9. The quantitative estimate of drug-likeness (QED) is 0.936. The van der Waals surface area contributed by atoms with Gasteiger partial charge in [0.25, 0.3) is 0 Å². The Morgan fingerprint density at radius 2 is 2.11 bits per heavy atom. The standard InChI is InChI=1S/C12H12F3N3S/c1-8(11-6-19-7-18-11)16-5-10-3-2-9(4-17-10)12(13,14)15/h2-4,6-8,16H,5H2,1H3. The summed E-state index contributed by atoms with van der Waals surface area (Å²) in [5.41, 5.74) is 2.49. The zero-order chi connectivity index (χ0) is 13.9. The molecule has 1 N–H and O–H groups in total. The second-order valence-electron chi connectivity index (χ2n) is 4.05. The summed E-state index contributed by atoms with van der Waals surface area (Å²) >= 11 is 1.50. The molecule has 1 atom stereocenters. The Bertz CT molecular complexity index is 508. The number of nitrogens with one attached hydrogen (secondary N) is 1. The molecule has 0 aliphatic rings. The van der Waals surface area contributed by atoms with Crippen molar-refractivity contribution in [2.24, 2.45) is 0 Å². The molecule has 1 unspecified atom stereocenters. The predicted octanol–water partition coefficient (Wildman–Crippen LogP) is 3.41. The lowest BCUT2D eigenvalue weighted by Gasteiger charge is -2.11. The second kappa shape index (κ2) is 5.66. The number of pyridine rings is 1. The largest absolute Gasteiger partial charge is 0.417 e. The monoisotopic (exact) mass is 287 g/mol. The van der Waals surface area contributed by atoms with Crippen LogP contribution in [0.2, 0.25) is 0 Å². The summed E-state index contributed by atoms with van der Waals surface area (Å²) < 4.78 is 37.1. The molecule has 7 heteroatoms. The Balaban J connectivity index is 1.93. The molecule has 0 amide bonds. The second-order valence-corrected chi connectivity index (χ2v) is 4.77. The highest BCUT2D eigenvalue weighted by Gasteiger charge is 2.30. The first-order valence-corrected chi connectivity index (χ1v) is 6.54. The van der Waals surface area contributed by atoms with E-state index in [2.05, 4.69) is 15.3 Å². The number of alkyl halides is 3. The molecule has 2 rings (SSSR count). The van der Waals surface area contributed by atoms with Crippen LogP contribution in [-0.4, -0.2) is 9.97 Å². The van der Waals surface area contributed by atoms with Gasteiger partial charge in [-0.1, -0.05) is 0 Å². The summed E-state index contributed by atoms with van der Waals surface area (Å²) in [4.78, 5) is 7.96. The molecule has 0 aliphatic carbocycles. The Kier molecular flexibility index (Phi) is 4.16. The van der Waals surface area contributed by atoms with Crippen molar-refractivity contribution >= 4 is 11.3 Å². The number of aromatic nitrogens is 2. The Hall–Kier alpha value is -1.47. The minimum Gasteiger partial charge on any atom is -0.303 e. The van der Waals surface area contributed by atoms with Crippen molar-refractivity contribution in [3.8, 4) is 0 Å². The summed E-state index contributed by atoms with van der Waals surface area (Å²) in [5, 5.41) is 5.09. The molecule has 0 aliphatic heterocycles. The first-order chi connectivity index (χ1) is 8.97. The van der Waals surface area contributed by atoms with Crippen LogP contribution in [0.25, 0.3) is 0 Å². The Morgan fingerprint density at radius 3 is 2.63 bits per heavy atom. The average Bonchev–Trinajstić information content (AvgIpc) is 2.89. The van der Waals surface area contributed by atoms with Gasteiger partial charge in [-0.2, -0.15) is 13.2 Å². The molecule has 0 saturated heterocycles. The van der Waals surface area contributed by atoms with Gasteiger partial charge in [0.1, 0.15) is 0 Å². The predicted molar refractivity (Wildman–Crippen MR) is 66.6 cm³/mol. The van der Waals surface area contributed by atoms with E-state index in [-0.39, 0.29) is 6.04 Å². The van der Waals surface area contributed by atoms with Gasteiger partial charge in [0.2, 0.25) is 0 Å². The van der Waals surface area contributed by atoms with E-state index in [1.807, 2.05) is 12.3 Å². The molecule has 2 aromatic rings. The van der Waals surface area contributed by atoms with E-state index in [0.717, 1.165) is 18.0 Å². The van der Waals surface area contributed by atoms with Crippen molar-refractivity contribution in [1.29, 1.82) is 0 Å². The number of halogens is 3. The molecule has 0 aromatic carbocycles. The number of rotatable bonds is 4. The highest BCUT2D eigenvalue weighted by Crippen LogP contribution is 2.28. The summed E-state index contributed by atoms with van der Waals surface area (Å²) in [6.07, 6.45) is -3.49. The van der Waals surface area contributed by atoms with Crippen LogP contribution in [0.5, 0.6) is 0 Å². The first kappa shape index (κ1) is 14.0. The van der Waals surface area contributed by atoms with Crippen molar-refractivity contribution in [3.63, 3.8) is 0 Å². The molecule has 2 aromatic heterocycles. The smallest absolute Gasteiger partial charge is 0.303 e. The van der Waals surface area contributed by atoms with Crippen LogP contribution in [0.15, 0.2) is 29.2 Å². The summed E-state index contributed by atoms with van der Waals surface area (Å²) in [6.45, 7) is 2.34. The van der Waals surface area contributed by atoms with Gasteiger partial charge in [0.15, 0.2) is 0 Å². The van der Waals surface area contributed by atoms with Crippen molar-refractivity contribution in [2.45, 2.75) is 25.7 Å². The van der Waals surface area contributed by atoms with E-state index in [1.54, 1.807) is 5.51 Å². The van der Waals surface area contributed by atoms with E-state index < -0.39 is 11.7 Å². The van der Waals surface area contributed by atoms with Crippen LogP contribution in [0.1, 0.15) is 29.9 Å². The van der Waals surface area contributed by atoms with E-state index in [9.17, 15) is 13.2 Å². The van der Waals surface area contributed by atoms with Crippen LogP contribution in [-0.2, 0) is 12.7 Å². The normalized spacial score (nSPS) is 13.5. The van der Waals surface area contributed by atoms with Gasteiger partial charge in [-0.25, -0.2) is 4.98 Å². The van der Waals surface area contributed by atoms with E-state index in [4.69, 9.17) is 0 Å². The molecule has 0 fully saturated rings. The first-order valence-electron chi connectivity index (χ1n) is 5.60. The third-order valence-electron chi connectivity index (χ3n) is 2.64. The van der Waals surface area contributed by atoms with Crippen LogP contribution < -0.4 is 5.32 Å². The number of hydrogen-bond donors (Lipinski definition) is 1. The molecule has 102 valence electrons. The summed E-state index contributed by atoms with van der Waals surface area (Å²) in [5.74, 6) is 0. The van der Waals surface area contributed by atoms with Gasteiger partial charge in [-0.3, -0.25) is 4.98 Å². The summed E-state index contributed by atoms with van der Waals surface area (Å²) in [6, 6.07) is 2.46. The van der Waals surface area contributed by atoms with E-state index in [1.165, 1.54) is 17.4 Å². The average molecular weight is 287 g/mol. The van der Waals surface area contributed by atoms with Crippen molar-refractivity contribution in [1.82, 2.24) is 15.3 Å². The fourth-order valence-corrected chi connectivity index (χ4v) is 2.14. The lowest BCUT2D eigenvalue weighted by atomic mass is 10.2. The lowest BCUT2D eigenvalue weighted by molar-refractivity contribution is -0.137. The van der Waals surface area contributed by atoms with Gasteiger partial charge >= 0.3 is 6.18 Å². The van der Waals surface area contributed by atoms with Gasteiger partial charge in [0, 0.05) is 24.2 Å². The molecule has 19 heavy (non-hydrogen) atoms. The van der Waals surface area contributed by atoms with Crippen molar-refractivity contribution in [3.05, 3.63) is 46.2 Å². The number of hydrogen-bond acceptors (Lipinski definition) is 4. The minimum absolute atomic E-state index is 0.0374. The third kappa shape index (κ3) is 3.74. The van der Waals surface area contributed by atoms with Gasteiger partial charge in [-0.15, -0.1) is 11.3 Å². The Morgan fingerprint density at radius 1 is 1.32 bits per heavy atom. The molecule has 2 heterocycles. The van der Waals surface area contributed by atoms with Crippen LogP contribution >= 0.6 is 11.3 Å². The maximum atomic E-state index is 12.4. The topological polar surface area (TPSA) is 37.8 Å². The lowest BCUT2D eigenvalue weighted by Crippen LogP contribution is -2.19. The van der Waals surface area contributed by atoms with E-state index >= 15 is 0 Å². The molecule has 0 saturated carbocycles. The fourth-order valence-electron chi connectivity index (χ4n) is 1.49. The van der Waals surface area contributed by atoms with Crippen LogP contribution in [0.3, 0.4) is 0 Å². The highest BCUT2D eigenvalue weighted by molar-refractivity contribution is 7.07. The molecule has 0 spiro atoms. The Labute approximate surface area is 112 Å². The zero-order valence-electron chi connectivity index (χ0n) is 10.1. The number of thiazole rings is 1. The maximum Gasteiger partial charge on any atom is 0.417 e. The molecular weight excluding hydrogens is 275 g/mol. The van der Waals surface area contributed by atoms with Crippen LogP contribution in [0, 0.1) is 0 Å². The maximum absolute atomic E-state index is 12.4. The van der Waals surface area contributed by atoms with Gasteiger partial charge in [0.05, 0.1) is 22.5 Å². The fraction of sp³-hybridized carbons (Fsp3) is 0.333. The molecular formula is C12H12F3N3S. The summed E-state index contributed by atoms with van der Waals surface area (Å²) in [7, 11) is 0. The minimum atomic E-state index is -4.34. The SMILES string of the molecule is CC(NCc1ccc(C(F)(F)F)cn1)c1cscn1. The van der Waals surface area contributed by atoms with Crippen LogP contribution in [0.4, 0.5) is 13.2 Å².